The summed E-state index contributed by atoms with van der Waals surface area (Å²) >= 11 is 0. The second-order valence-electron chi connectivity index (χ2n) is 3.73. The highest BCUT2D eigenvalue weighted by Crippen LogP contribution is 2.36. The van der Waals surface area contributed by atoms with E-state index in [0.717, 1.165) is 21.1 Å². The Bertz CT molecular complexity index is 579. The number of rotatable bonds is 0. The lowest BCUT2D eigenvalue weighted by Gasteiger charge is -2.22. The van der Waals surface area contributed by atoms with Crippen LogP contribution in [0.2, 0.25) is 0 Å². The van der Waals surface area contributed by atoms with E-state index in [1.807, 2.05) is 49.4 Å². The second kappa shape index (κ2) is 3.46. The topological polar surface area (TPSA) is 26.3 Å². The highest BCUT2D eigenvalue weighted by atomic mass is 32.2. The number of fused-ring (bicyclic) bond motifs is 2. The van der Waals surface area contributed by atoms with Crippen LogP contribution >= 0.6 is 0 Å². The first-order chi connectivity index (χ1) is 7.75. The molecule has 2 aliphatic heterocycles. The fourth-order valence-electron chi connectivity index (χ4n) is 1.76. The summed E-state index contributed by atoms with van der Waals surface area (Å²) in [5.41, 5.74) is 0.984. The second-order valence-corrected chi connectivity index (χ2v) is 5.35. The van der Waals surface area contributed by atoms with Crippen molar-refractivity contribution in [2.24, 2.45) is 0 Å². The molecule has 1 atom stereocenters. The summed E-state index contributed by atoms with van der Waals surface area (Å²) in [4.78, 5) is 1.62. The molecule has 3 heteroatoms. The molecule has 2 nitrogen and oxygen atoms in total. The average molecular weight is 230 g/mol. The van der Waals surface area contributed by atoms with Crippen LogP contribution in [0.25, 0.3) is 6.08 Å². The van der Waals surface area contributed by atoms with Crippen molar-refractivity contribution >= 4 is 16.9 Å². The molecule has 2 aliphatic rings. The van der Waals surface area contributed by atoms with Crippen molar-refractivity contribution in [3.05, 3.63) is 57.6 Å². The zero-order chi connectivity index (χ0) is 11.1. The first kappa shape index (κ1) is 9.60. The van der Waals surface area contributed by atoms with Crippen LogP contribution in [0.4, 0.5) is 0 Å². The van der Waals surface area contributed by atoms with Gasteiger partial charge in [0.05, 0.1) is 15.7 Å². The van der Waals surface area contributed by atoms with Gasteiger partial charge in [-0.15, -0.1) is 0 Å². The van der Waals surface area contributed by atoms with Crippen LogP contribution in [0.5, 0.6) is 5.75 Å². The Morgan fingerprint density at radius 2 is 2.00 bits per heavy atom. The average Bonchev–Trinajstić information content (AvgIpc) is 2.32. The summed E-state index contributed by atoms with van der Waals surface area (Å²) in [6, 6.07) is 7.75. The third kappa shape index (κ3) is 1.36. The molecule has 0 saturated carbocycles. The summed E-state index contributed by atoms with van der Waals surface area (Å²) in [5.74, 6) is 1.52. The van der Waals surface area contributed by atoms with Gasteiger partial charge in [0.15, 0.2) is 0 Å². The van der Waals surface area contributed by atoms with E-state index < -0.39 is 10.8 Å². The van der Waals surface area contributed by atoms with Crippen molar-refractivity contribution in [1.82, 2.24) is 0 Å². The fraction of sp³-hybridized carbons (Fsp3) is 0.0769. The summed E-state index contributed by atoms with van der Waals surface area (Å²) in [7, 11) is -1.08. The summed E-state index contributed by atoms with van der Waals surface area (Å²) in [6.07, 6.45) is 5.66. The van der Waals surface area contributed by atoms with E-state index in [1.54, 1.807) is 0 Å². The standard InChI is InChI=1S/C13H10O2S/c1-9-6-7-12-13(16(9)14)8-10-4-2-3-5-11(10)15-12/h2-8H,1H3. The monoisotopic (exact) mass is 230 g/mol. The van der Waals surface area contributed by atoms with Gasteiger partial charge < -0.3 is 4.74 Å². The Morgan fingerprint density at radius 1 is 1.19 bits per heavy atom. The lowest BCUT2D eigenvalue weighted by Crippen LogP contribution is -2.12. The quantitative estimate of drug-likeness (QED) is 0.685. The predicted octanol–water partition coefficient (Wildman–Crippen LogP) is 2.97. The Morgan fingerprint density at radius 3 is 2.88 bits per heavy atom. The molecule has 16 heavy (non-hydrogen) atoms. The molecule has 0 radical (unpaired) electrons. The molecule has 1 unspecified atom stereocenters. The van der Waals surface area contributed by atoms with Crippen LogP contribution in [0, 0.1) is 0 Å². The van der Waals surface area contributed by atoms with E-state index in [2.05, 4.69) is 0 Å². The number of hydrogen-bond acceptors (Lipinski definition) is 2. The number of benzene rings is 1. The van der Waals surface area contributed by atoms with Crippen LogP contribution in [0.1, 0.15) is 12.5 Å². The first-order valence-electron chi connectivity index (χ1n) is 5.05. The van der Waals surface area contributed by atoms with Gasteiger partial charge >= 0.3 is 0 Å². The third-order valence-corrected chi connectivity index (χ3v) is 4.07. The van der Waals surface area contributed by atoms with Gasteiger partial charge in [-0.1, -0.05) is 18.2 Å². The lowest BCUT2D eigenvalue weighted by atomic mass is 10.1. The molecule has 0 N–H and O–H groups in total. The van der Waals surface area contributed by atoms with Crippen LogP contribution in [0.3, 0.4) is 0 Å². The van der Waals surface area contributed by atoms with E-state index in [-0.39, 0.29) is 0 Å². The summed E-state index contributed by atoms with van der Waals surface area (Å²) in [6.45, 7) is 1.87. The highest BCUT2D eigenvalue weighted by molar-refractivity contribution is 7.93. The zero-order valence-electron chi connectivity index (χ0n) is 8.77. The van der Waals surface area contributed by atoms with Crippen LogP contribution in [-0.4, -0.2) is 4.21 Å². The van der Waals surface area contributed by atoms with Crippen LogP contribution in [0.15, 0.2) is 52.0 Å². The molecule has 2 heterocycles. The van der Waals surface area contributed by atoms with Gasteiger partial charge in [0.1, 0.15) is 11.5 Å². The van der Waals surface area contributed by atoms with Crippen LogP contribution in [-0.2, 0) is 10.8 Å². The molecule has 1 aromatic carbocycles. The Labute approximate surface area is 96.4 Å². The van der Waals surface area contributed by atoms with E-state index in [0.29, 0.717) is 5.76 Å². The zero-order valence-corrected chi connectivity index (χ0v) is 9.58. The molecule has 0 saturated heterocycles. The minimum Gasteiger partial charge on any atom is -0.455 e. The molecule has 0 amide bonds. The van der Waals surface area contributed by atoms with E-state index in [9.17, 15) is 4.21 Å². The number of para-hydroxylation sites is 1. The molecule has 0 bridgehead atoms. The van der Waals surface area contributed by atoms with E-state index in [4.69, 9.17) is 4.74 Å². The van der Waals surface area contributed by atoms with Gasteiger partial charge in [0.2, 0.25) is 0 Å². The van der Waals surface area contributed by atoms with Crippen molar-refractivity contribution in [3.63, 3.8) is 0 Å². The lowest BCUT2D eigenvalue weighted by molar-refractivity contribution is 0.436. The van der Waals surface area contributed by atoms with Crippen molar-refractivity contribution in [3.8, 4) is 5.75 Å². The molecular weight excluding hydrogens is 220 g/mol. The maximum absolute atomic E-state index is 12.0. The van der Waals surface area contributed by atoms with Crippen molar-refractivity contribution in [2.45, 2.75) is 6.92 Å². The molecule has 0 fully saturated rings. The van der Waals surface area contributed by atoms with Crippen molar-refractivity contribution in [1.29, 1.82) is 0 Å². The summed E-state index contributed by atoms with van der Waals surface area (Å²) < 4.78 is 17.7. The highest BCUT2D eigenvalue weighted by Gasteiger charge is 2.24. The predicted molar refractivity (Wildman–Crippen MR) is 65.0 cm³/mol. The Balaban J connectivity index is 2.18. The molecule has 3 rings (SSSR count). The van der Waals surface area contributed by atoms with Gasteiger partial charge in [0.25, 0.3) is 0 Å². The van der Waals surface area contributed by atoms with Gasteiger partial charge in [-0.25, -0.2) is 4.21 Å². The molecule has 0 spiro atoms. The molecule has 80 valence electrons. The third-order valence-electron chi connectivity index (χ3n) is 2.63. The van der Waals surface area contributed by atoms with Gasteiger partial charge in [-0.05, 0) is 31.2 Å². The van der Waals surface area contributed by atoms with Crippen molar-refractivity contribution < 1.29 is 8.95 Å². The molecule has 1 aromatic rings. The first-order valence-corrected chi connectivity index (χ1v) is 6.20. The van der Waals surface area contributed by atoms with Gasteiger partial charge in [-0.3, -0.25) is 0 Å². The molecule has 0 aromatic heterocycles. The number of hydrogen-bond donors (Lipinski definition) is 0. The SMILES string of the molecule is CC1=CC=C2Oc3ccccc3C=C2S1=O. The van der Waals surface area contributed by atoms with E-state index >= 15 is 0 Å². The minimum atomic E-state index is -1.08. The van der Waals surface area contributed by atoms with Crippen molar-refractivity contribution in [2.75, 3.05) is 0 Å². The number of ether oxygens (including phenoxy) is 1. The van der Waals surface area contributed by atoms with Crippen LogP contribution < -0.4 is 4.74 Å². The Hall–Kier alpha value is -1.61. The van der Waals surface area contributed by atoms with Gasteiger partial charge in [0, 0.05) is 10.5 Å². The smallest absolute Gasteiger partial charge is 0.143 e. The summed E-state index contributed by atoms with van der Waals surface area (Å²) in [5, 5.41) is 0. The maximum Gasteiger partial charge on any atom is 0.143 e. The maximum atomic E-state index is 12.0. The molecule has 0 aliphatic carbocycles. The van der Waals surface area contributed by atoms with Gasteiger partial charge in [-0.2, -0.15) is 0 Å². The van der Waals surface area contributed by atoms with E-state index in [1.165, 1.54) is 0 Å². The fourth-order valence-corrected chi connectivity index (χ4v) is 2.83. The normalized spacial score (nSPS) is 22.1. The minimum absolute atomic E-state index is 0.697. The number of allylic oxidation sites excluding steroid dienone is 3. The molecular formula is C13H10O2S. The Kier molecular flexibility index (Phi) is 2.07. The largest absolute Gasteiger partial charge is 0.455 e.